The molecule has 0 spiro atoms. The monoisotopic (exact) mass is 264 g/mol. The summed E-state index contributed by atoms with van der Waals surface area (Å²) in [6.07, 6.45) is -2.41. The highest BCUT2D eigenvalue weighted by Gasteiger charge is 2.34. The van der Waals surface area contributed by atoms with Gasteiger partial charge in [-0.25, -0.2) is 0 Å². The van der Waals surface area contributed by atoms with Crippen molar-refractivity contribution in [2.75, 3.05) is 19.1 Å². The van der Waals surface area contributed by atoms with Gasteiger partial charge in [-0.15, -0.1) is 11.8 Å². The molecule has 0 fully saturated rings. The van der Waals surface area contributed by atoms with Crippen LogP contribution in [0.2, 0.25) is 0 Å². The maximum Gasteiger partial charge on any atom is 0.422 e. The van der Waals surface area contributed by atoms with Crippen molar-refractivity contribution in [1.82, 2.24) is 0 Å². The van der Waals surface area contributed by atoms with Crippen molar-refractivity contribution < 1.29 is 25.8 Å². The van der Waals surface area contributed by atoms with Gasteiger partial charge in [0.2, 0.25) is 0 Å². The predicted octanol–water partition coefficient (Wildman–Crippen LogP) is 2.16. The largest absolute Gasteiger partial charge is 0.422 e. The molecule has 3 nitrogen and oxygen atoms in total. The molecule has 0 aliphatic rings. The molecule has 0 aromatic carbocycles. The quantitative estimate of drug-likeness (QED) is 0.730. The van der Waals surface area contributed by atoms with E-state index >= 15 is 0 Å². The van der Waals surface area contributed by atoms with Crippen LogP contribution in [0.15, 0.2) is 10.5 Å². The highest BCUT2D eigenvalue weighted by Crippen LogP contribution is 2.35. The van der Waals surface area contributed by atoms with Crippen LogP contribution in [-0.4, -0.2) is 33.7 Å². The van der Waals surface area contributed by atoms with Crippen LogP contribution in [0.1, 0.15) is 6.92 Å². The molecule has 0 unspecified atom stereocenters. The molecule has 0 atom stereocenters. The lowest BCUT2D eigenvalue weighted by Crippen LogP contribution is -2.14. The van der Waals surface area contributed by atoms with E-state index in [2.05, 4.69) is 4.18 Å². The van der Waals surface area contributed by atoms with Crippen LogP contribution < -0.4 is 0 Å². The molecule has 0 amide bonds. The fourth-order valence-electron chi connectivity index (χ4n) is 0.793. The summed E-state index contributed by atoms with van der Waals surface area (Å²) in [5, 5.41) is 0. The number of allylic oxidation sites excluding steroid dienone is 1. The zero-order valence-corrected chi connectivity index (χ0v) is 10.0. The summed E-state index contributed by atoms with van der Waals surface area (Å²) in [6, 6.07) is 0. The Kier molecular flexibility index (Phi) is 5.15. The molecular weight excluding hydrogens is 253 g/mol. The summed E-state index contributed by atoms with van der Waals surface area (Å²) in [4.78, 5) is -0.828. The maximum atomic E-state index is 12.3. The fraction of sp³-hybridized carbons (Fsp3) is 0.714. The highest BCUT2D eigenvalue weighted by atomic mass is 32.2. The second-order valence-corrected chi connectivity index (χ2v) is 5.24. The number of halogens is 3. The van der Waals surface area contributed by atoms with Crippen LogP contribution in [0.4, 0.5) is 13.2 Å². The summed E-state index contributed by atoms with van der Waals surface area (Å²) in [6.45, 7) is 0.610. The summed E-state index contributed by atoms with van der Waals surface area (Å²) < 4.78 is 62.3. The van der Waals surface area contributed by atoms with Crippen molar-refractivity contribution in [2.45, 2.75) is 13.1 Å². The minimum absolute atomic E-state index is 0.152. The molecule has 0 aromatic heterocycles. The molecule has 0 saturated heterocycles. The molecule has 0 aliphatic heterocycles. The van der Waals surface area contributed by atoms with Gasteiger partial charge in [0.15, 0.2) is 0 Å². The molecule has 0 radical (unpaired) electrons. The first-order valence-electron chi connectivity index (χ1n) is 3.73. The van der Waals surface area contributed by atoms with Crippen molar-refractivity contribution in [2.24, 2.45) is 0 Å². The average Bonchev–Trinajstić information content (AvgIpc) is 1.98. The van der Waals surface area contributed by atoms with Gasteiger partial charge in [-0.1, -0.05) is 0 Å². The van der Waals surface area contributed by atoms with Gasteiger partial charge in [-0.05, 0) is 18.8 Å². The molecule has 0 aliphatic carbocycles. The van der Waals surface area contributed by atoms with Gasteiger partial charge < -0.3 is 0 Å². The van der Waals surface area contributed by atoms with Crippen LogP contribution in [0.25, 0.3) is 0 Å². The van der Waals surface area contributed by atoms with Crippen LogP contribution in [0.5, 0.6) is 0 Å². The Morgan fingerprint density at radius 3 is 2.13 bits per heavy atom. The molecule has 0 saturated carbocycles. The van der Waals surface area contributed by atoms with E-state index in [0.717, 1.165) is 6.26 Å². The van der Waals surface area contributed by atoms with E-state index in [9.17, 15) is 21.6 Å². The van der Waals surface area contributed by atoms with Crippen molar-refractivity contribution in [3.8, 4) is 0 Å². The third-order valence-electron chi connectivity index (χ3n) is 1.34. The van der Waals surface area contributed by atoms with Crippen molar-refractivity contribution in [3.63, 3.8) is 0 Å². The Hall–Kier alpha value is -0.210. The summed E-state index contributed by atoms with van der Waals surface area (Å²) in [7, 11) is -3.72. The zero-order chi connectivity index (χ0) is 12.3. The molecule has 0 rings (SSSR count). The molecule has 8 heteroatoms. The zero-order valence-electron chi connectivity index (χ0n) is 8.38. The van der Waals surface area contributed by atoms with E-state index < -0.39 is 27.8 Å². The van der Waals surface area contributed by atoms with E-state index in [-0.39, 0.29) is 5.57 Å². The topological polar surface area (TPSA) is 43.4 Å². The van der Waals surface area contributed by atoms with Crippen molar-refractivity contribution >= 4 is 21.9 Å². The maximum absolute atomic E-state index is 12.3. The standard InChI is InChI=1S/C7H11F3O3S2/c1-5(4-13-15(3,11)12)6(14-2)7(8,9)10/h4H2,1-3H3/b6-5+. The Balaban J connectivity index is 4.77. The van der Waals surface area contributed by atoms with Gasteiger partial charge in [0.1, 0.15) is 0 Å². The van der Waals surface area contributed by atoms with Crippen LogP contribution in [0.3, 0.4) is 0 Å². The minimum atomic E-state index is -4.47. The predicted molar refractivity (Wildman–Crippen MR) is 53.1 cm³/mol. The molecular formula is C7H11F3O3S2. The molecule has 0 N–H and O–H groups in total. The van der Waals surface area contributed by atoms with Gasteiger partial charge in [0.25, 0.3) is 10.1 Å². The van der Waals surface area contributed by atoms with E-state index in [0.29, 0.717) is 11.8 Å². The Bertz CT molecular complexity index is 343. The van der Waals surface area contributed by atoms with Gasteiger partial charge in [0, 0.05) is 0 Å². The Morgan fingerprint density at radius 2 is 1.87 bits per heavy atom. The second kappa shape index (κ2) is 5.22. The third kappa shape index (κ3) is 6.06. The van der Waals surface area contributed by atoms with E-state index in [1.165, 1.54) is 13.2 Å². The lowest BCUT2D eigenvalue weighted by atomic mass is 10.3. The first kappa shape index (κ1) is 14.8. The SMILES string of the molecule is CS/C(=C(\C)COS(C)(=O)=O)C(F)(F)F. The number of hydrogen-bond donors (Lipinski definition) is 0. The minimum Gasteiger partial charge on any atom is -0.266 e. The fourth-order valence-corrected chi connectivity index (χ4v) is 1.82. The number of thioether (sulfide) groups is 1. The van der Waals surface area contributed by atoms with E-state index in [1.807, 2.05) is 0 Å². The van der Waals surface area contributed by atoms with E-state index in [1.54, 1.807) is 0 Å². The summed E-state index contributed by atoms with van der Waals surface area (Å²) in [5.74, 6) is 0. The molecule has 0 heterocycles. The Morgan fingerprint density at radius 1 is 1.40 bits per heavy atom. The van der Waals surface area contributed by atoms with Crippen molar-refractivity contribution in [3.05, 3.63) is 10.5 Å². The number of rotatable bonds is 4. The average molecular weight is 264 g/mol. The lowest BCUT2D eigenvalue weighted by Gasteiger charge is -2.12. The molecule has 90 valence electrons. The van der Waals surface area contributed by atoms with Gasteiger partial charge in [-0.3, -0.25) is 4.18 Å². The number of alkyl halides is 3. The van der Waals surface area contributed by atoms with Gasteiger partial charge in [-0.2, -0.15) is 21.6 Å². The highest BCUT2D eigenvalue weighted by molar-refractivity contribution is 8.02. The summed E-state index contributed by atoms with van der Waals surface area (Å²) in [5.41, 5.74) is -0.152. The van der Waals surface area contributed by atoms with Crippen molar-refractivity contribution in [1.29, 1.82) is 0 Å². The Labute approximate surface area is 90.8 Å². The normalized spacial score (nSPS) is 15.1. The van der Waals surface area contributed by atoms with Crippen LogP contribution in [0, 0.1) is 0 Å². The smallest absolute Gasteiger partial charge is 0.266 e. The lowest BCUT2D eigenvalue weighted by molar-refractivity contribution is -0.0846. The third-order valence-corrected chi connectivity index (χ3v) is 2.87. The van der Waals surface area contributed by atoms with Crippen LogP contribution in [-0.2, 0) is 14.3 Å². The van der Waals surface area contributed by atoms with E-state index in [4.69, 9.17) is 0 Å². The molecule has 0 bridgehead atoms. The van der Waals surface area contributed by atoms with Crippen LogP contribution >= 0.6 is 11.8 Å². The summed E-state index contributed by atoms with van der Waals surface area (Å²) >= 11 is 0.515. The number of hydrogen-bond acceptors (Lipinski definition) is 4. The van der Waals surface area contributed by atoms with Gasteiger partial charge in [0.05, 0.1) is 17.8 Å². The molecule has 15 heavy (non-hydrogen) atoms. The first-order chi connectivity index (χ1) is 6.58. The van der Waals surface area contributed by atoms with Gasteiger partial charge >= 0.3 is 6.18 Å². The first-order valence-corrected chi connectivity index (χ1v) is 6.77. The molecule has 0 aromatic rings. The second-order valence-electron chi connectivity index (χ2n) is 2.78.